The Labute approximate surface area is 99.5 Å². The van der Waals surface area contributed by atoms with Crippen LogP contribution in [0.15, 0.2) is 16.6 Å². The average Bonchev–Trinajstić information content (AvgIpc) is 2.62. The minimum Gasteiger partial charge on any atom is -0.0766 e. The van der Waals surface area contributed by atoms with Crippen LogP contribution in [-0.2, 0) is 12.8 Å². The Morgan fingerprint density at radius 3 is 2.93 bits per heavy atom. The average molecular weight is 263 g/mol. The minimum absolute atomic E-state index is 0.600. The van der Waals surface area contributed by atoms with E-state index in [4.69, 9.17) is 0 Å². The Kier molecular flexibility index (Phi) is 2.24. The monoisotopic (exact) mass is 262 g/mol. The van der Waals surface area contributed by atoms with Crippen LogP contribution in [0.3, 0.4) is 0 Å². The van der Waals surface area contributed by atoms with Gasteiger partial charge < -0.3 is 0 Å². The number of rotatable bonds is 0. The lowest BCUT2D eigenvalue weighted by Crippen LogP contribution is -2.06. The van der Waals surface area contributed by atoms with Crippen molar-refractivity contribution in [3.05, 3.63) is 38.9 Å². The second-order valence-corrected chi connectivity index (χ2v) is 5.48. The lowest BCUT2D eigenvalue weighted by atomic mass is 9.87. The Morgan fingerprint density at radius 1 is 1.27 bits per heavy atom. The smallest absolute Gasteiger partial charge is 0.0285 e. The maximum atomic E-state index is 3.79. The zero-order chi connectivity index (χ0) is 10.4. The molecule has 0 N–H and O–H groups in total. The molecule has 1 unspecified atom stereocenters. The zero-order valence-corrected chi connectivity index (χ0v) is 10.6. The quantitative estimate of drug-likeness (QED) is 0.648. The Morgan fingerprint density at radius 2 is 2.07 bits per heavy atom. The van der Waals surface area contributed by atoms with Crippen molar-refractivity contribution in [2.24, 2.45) is 0 Å². The Bertz CT molecular complexity index is 443. The Balaban J connectivity index is 2.23. The summed E-state index contributed by atoms with van der Waals surface area (Å²) in [5.41, 5.74) is 6.10. The topological polar surface area (TPSA) is 0 Å². The van der Waals surface area contributed by atoms with E-state index < -0.39 is 0 Å². The number of hydrogen-bond donors (Lipinski definition) is 0. The summed E-state index contributed by atoms with van der Waals surface area (Å²) >= 11 is 3.79. The van der Waals surface area contributed by atoms with Crippen LogP contribution < -0.4 is 0 Å². The molecule has 0 nitrogen and oxygen atoms in total. The summed E-state index contributed by atoms with van der Waals surface area (Å²) in [5.74, 6) is 0.600. The van der Waals surface area contributed by atoms with E-state index in [1.54, 1.807) is 11.1 Å². The van der Waals surface area contributed by atoms with E-state index in [0.29, 0.717) is 5.92 Å². The first kappa shape index (κ1) is 9.65. The number of hydrogen-bond acceptors (Lipinski definition) is 0. The van der Waals surface area contributed by atoms with E-state index in [0.717, 1.165) is 0 Å². The zero-order valence-electron chi connectivity index (χ0n) is 9.02. The third kappa shape index (κ3) is 1.40. The van der Waals surface area contributed by atoms with E-state index in [2.05, 4.69) is 41.1 Å². The maximum absolute atomic E-state index is 3.79. The van der Waals surface area contributed by atoms with Crippen molar-refractivity contribution in [3.63, 3.8) is 0 Å². The van der Waals surface area contributed by atoms with Crippen LogP contribution in [0.25, 0.3) is 6.08 Å². The summed E-state index contributed by atoms with van der Waals surface area (Å²) in [6.45, 7) is 2.28. The van der Waals surface area contributed by atoms with Crippen LogP contribution in [0, 0.1) is 0 Å². The predicted molar refractivity (Wildman–Crippen MR) is 68.2 cm³/mol. The van der Waals surface area contributed by atoms with Crippen molar-refractivity contribution < 1.29 is 0 Å². The summed E-state index contributed by atoms with van der Waals surface area (Å²) in [6, 6.07) is 2.44. The molecule has 78 valence electrons. The highest BCUT2D eigenvalue weighted by atomic mass is 79.9. The van der Waals surface area contributed by atoms with Gasteiger partial charge in [0.2, 0.25) is 0 Å². The van der Waals surface area contributed by atoms with Crippen molar-refractivity contribution >= 4 is 22.0 Å². The standard InChI is InChI=1S/C14H15Br/c1-9-6-7-12-13(9)8-10-4-2-3-5-11(10)14(12)15/h6-9H,2-5H2,1H3. The lowest BCUT2D eigenvalue weighted by Gasteiger charge is -2.20. The molecule has 15 heavy (non-hydrogen) atoms. The number of fused-ring (bicyclic) bond motifs is 2. The van der Waals surface area contributed by atoms with Gasteiger partial charge in [0.1, 0.15) is 0 Å². The molecule has 1 atom stereocenters. The predicted octanol–water partition coefficient (Wildman–Crippen LogP) is 4.46. The molecule has 0 spiro atoms. The van der Waals surface area contributed by atoms with E-state index in [-0.39, 0.29) is 0 Å². The maximum Gasteiger partial charge on any atom is 0.0285 e. The second-order valence-electron chi connectivity index (χ2n) is 4.69. The van der Waals surface area contributed by atoms with Gasteiger partial charge in [-0.15, -0.1) is 0 Å². The van der Waals surface area contributed by atoms with Crippen LogP contribution in [0.1, 0.15) is 47.9 Å². The van der Waals surface area contributed by atoms with Gasteiger partial charge in [-0.25, -0.2) is 0 Å². The summed E-state index contributed by atoms with van der Waals surface area (Å²) in [7, 11) is 0. The molecule has 1 aromatic carbocycles. The first-order valence-corrected chi connectivity index (χ1v) is 6.59. The molecular formula is C14H15Br. The van der Waals surface area contributed by atoms with Gasteiger partial charge in [0.15, 0.2) is 0 Å². The molecular weight excluding hydrogens is 248 g/mol. The Hall–Kier alpha value is -0.560. The fraction of sp³-hybridized carbons (Fsp3) is 0.429. The molecule has 0 saturated carbocycles. The molecule has 0 amide bonds. The fourth-order valence-electron chi connectivity index (χ4n) is 2.78. The van der Waals surface area contributed by atoms with Crippen molar-refractivity contribution in [2.75, 3.05) is 0 Å². The molecule has 0 bridgehead atoms. The van der Waals surface area contributed by atoms with Gasteiger partial charge in [-0.1, -0.05) is 25.1 Å². The van der Waals surface area contributed by atoms with Gasteiger partial charge in [-0.05, 0) is 69.8 Å². The van der Waals surface area contributed by atoms with Gasteiger partial charge in [0, 0.05) is 4.47 Å². The highest BCUT2D eigenvalue weighted by Crippen LogP contribution is 2.40. The number of allylic oxidation sites excluding steroid dienone is 1. The van der Waals surface area contributed by atoms with Crippen molar-refractivity contribution in [1.82, 2.24) is 0 Å². The lowest BCUT2D eigenvalue weighted by molar-refractivity contribution is 0.681. The van der Waals surface area contributed by atoms with Gasteiger partial charge >= 0.3 is 0 Å². The molecule has 0 fully saturated rings. The molecule has 0 aromatic heterocycles. The molecule has 0 saturated heterocycles. The van der Waals surface area contributed by atoms with Crippen LogP contribution >= 0.6 is 15.9 Å². The van der Waals surface area contributed by atoms with E-state index in [1.807, 2.05) is 0 Å². The van der Waals surface area contributed by atoms with Gasteiger partial charge in [-0.3, -0.25) is 0 Å². The first-order valence-electron chi connectivity index (χ1n) is 5.79. The van der Waals surface area contributed by atoms with Crippen molar-refractivity contribution in [3.8, 4) is 0 Å². The number of halogens is 1. The van der Waals surface area contributed by atoms with Crippen LogP contribution in [0.5, 0.6) is 0 Å². The van der Waals surface area contributed by atoms with Crippen LogP contribution in [-0.4, -0.2) is 0 Å². The van der Waals surface area contributed by atoms with E-state index in [9.17, 15) is 0 Å². The molecule has 1 heteroatoms. The first-order chi connectivity index (χ1) is 7.27. The number of aryl methyl sites for hydroxylation is 1. The summed E-state index contributed by atoms with van der Waals surface area (Å²) < 4.78 is 1.37. The highest BCUT2D eigenvalue weighted by molar-refractivity contribution is 9.10. The summed E-state index contributed by atoms with van der Waals surface area (Å²) in [4.78, 5) is 0. The fourth-order valence-corrected chi connectivity index (χ4v) is 3.60. The largest absolute Gasteiger partial charge is 0.0766 e. The third-order valence-corrected chi connectivity index (χ3v) is 4.60. The molecule has 2 aliphatic rings. The minimum atomic E-state index is 0.600. The molecule has 3 rings (SSSR count). The normalized spacial score (nSPS) is 22.7. The van der Waals surface area contributed by atoms with Gasteiger partial charge in [0.25, 0.3) is 0 Å². The summed E-state index contributed by atoms with van der Waals surface area (Å²) in [6.07, 6.45) is 9.82. The molecule has 1 aromatic rings. The van der Waals surface area contributed by atoms with Crippen molar-refractivity contribution in [2.45, 2.75) is 38.5 Å². The second kappa shape index (κ2) is 3.48. The third-order valence-electron chi connectivity index (χ3n) is 3.69. The van der Waals surface area contributed by atoms with Gasteiger partial charge in [0.05, 0.1) is 0 Å². The van der Waals surface area contributed by atoms with Crippen LogP contribution in [0.2, 0.25) is 0 Å². The molecule has 2 aliphatic carbocycles. The number of benzene rings is 1. The molecule has 0 heterocycles. The van der Waals surface area contributed by atoms with Gasteiger partial charge in [-0.2, -0.15) is 0 Å². The highest BCUT2D eigenvalue weighted by Gasteiger charge is 2.21. The molecule has 0 aliphatic heterocycles. The van der Waals surface area contributed by atoms with E-state index in [1.165, 1.54) is 41.3 Å². The SMILES string of the molecule is CC1C=Cc2c1cc1c(c2Br)CCCC1. The van der Waals surface area contributed by atoms with E-state index >= 15 is 0 Å². The molecule has 0 radical (unpaired) electrons. The van der Waals surface area contributed by atoms with Crippen LogP contribution in [0.4, 0.5) is 0 Å². The van der Waals surface area contributed by atoms with Crippen molar-refractivity contribution in [1.29, 1.82) is 0 Å². The summed E-state index contributed by atoms with van der Waals surface area (Å²) in [5, 5.41) is 0.